The van der Waals surface area contributed by atoms with Crippen LogP contribution in [0.3, 0.4) is 0 Å². The van der Waals surface area contributed by atoms with Crippen LogP contribution in [0.2, 0.25) is 0 Å². The number of ether oxygens (including phenoxy) is 1. The summed E-state index contributed by atoms with van der Waals surface area (Å²) >= 11 is 0. The molecule has 3 atom stereocenters. The first-order chi connectivity index (χ1) is 17.9. The van der Waals surface area contributed by atoms with Gasteiger partial charge in [0.2, 0.25) is 5.91 Å². The smallest absolute Gasteiger partial charge is 0.409 e. The van der Waals surface area contributed by atoms with Crippen molar-refractivity contribution in [2.45, 2.75) is 51.9 Å². The number of amides is 2. The molecule has 0 saturated heterocycles. The summed E-state index contributed by atoms with van der Waals surface area (Å²) in [6.45, 7) is 7.09. The maximum atomic E-state index is 13.4. The van der Waals surface area contributed by atoms with Crippen molar-refractivity contribution in [1.29, 1.82) is 0 Å². The highest BCUT2D eigenvalue weighted by Crippen LogP contribution is 2.47. The molecule has 0 bridgehead atoms. The summed E-state index contributed by atoms with van der Waals surface area (Å²) in [6, 6.07) is 25.1. The Labute approximate surface area is 223 Å². The highest BCUT2D eigenvalue weighted by Gasteiger charge is 2.34. The number of benzene rings is 3. The Kier molecular flexibility index (Phi) is 9.86. The van der Waals surface area contributed by atoms with Crippen molar-refractivity contribution < 1.29 is 28.3 Å². The maximum Gasteiger partial charge on any atom is 0.409 e. The first-order valence-corrected chi connectivity index (χ1v) is 14.1. The van der Waals surface area contributed by atoms with Crippen LogP contribution < -0.4 is 10.6 Å². The molecule has 3 rings (SSSR count). The lowest BCUT2D eigenvalue weighted by Crippen LogP contribution is -2.41. The monoisotopic (exact) mass is 538 g/mol. The second-order valence-electron chi connectivity index (χ2n) is 10.1. The predicted molar refractivity (Wildman–Crippen MR) is 148 cm³/mol. The van der Waals surface area contributed by atoms with Gasteiger partial charge in [-0.05, 0) is 51.0 Å². The molecule has 3 aromatic carbocycles. The number of hydrogen-bond acceptors (Lipinski definition) is 5. The largest absolute Gasteiger partial charge is 0.444 e. The zero-order valence-electron chi connectivity index (χ0n) is 22.1. The third kappa shape index (κ3) is 9.78. The summed E-state index contributed by atoms with van der Waals surface area (Å²) in [6.07, 6.45) is -2.32. The molecule has 0 heterocycles. The summed E-state index contributed by atoms with van der Waals surface area (Å²) in [5, 5.41) is 5.37. The van der Waals surface area contributed by atoms with E-state index < -0.39 is 43.5 Å². The van der Waals surface area contributed by atoms with Crippen molar-refractivity contribution in [3.8, 4) is 0 Å². The lowest BCUT2D eigenvalue weighted by atomic mass is 10.00. The molecule has 0 aromatic heterocycles. The normalized spacial score (nSPS) is 14.6. The highest BCUT2D eigenvalue weighted by atomic mass is 31.2. The summed E-state index contributed by atoms with van der Waals surface area (Å²) in [5.74, 6) is -1.43. The molecule has 0 saturated carbocycles. The highest BCUT2D eigenvalue weighted by molar-refractivity contribution is 7.52. The fourth-order valence-corrected chi connectivity index (χ4v) is 5.19. The van der Waals surface area contributed by atoms with E-state index in [1.807, 2.05) is 49.4 Å². The number of carbonyl (C=O) groups is 2. The number of nitrogens with one attached hydrogen (secondary N) is 2. The molecule has 0 spiro atoms. The number of rotatable bonds is 10. The van der Waals surface area contributed by atoms with Crippen LogP contribution in [0.5, 0.6) is 0 Å². The van der Waals surface area contributed by atoms with Gasteiger partial charge in [-0.15, -0.1) is 0 Å². The Bertz CT molecular complexity index is 1240. The van der Waals surface area contributed by atoms with E-state index in [4.69, 9.17) is 9.26 Å². The molecule has 0 aliphatic carbocycles. The molecule has 0 aliphatic rings. The Morgan fingerprint density at radius 3 is 2.08 bits per heavy atom. The van der Waals surface area contributed by atoms with Gasteiger partial charge in [-0.25, -0.2) is 4.79 Å². The molecule has 9 heteroatoms. The van der Waals surface area contributed by atoms with E-state index in [0.29, 0.717) is 11.3 Å². The van der Waals surface area contributed by atoms with Crippen LogP contribution >= 0.6 is 7.60 Å². The number of carbonyl (C=O) groups excluding carboxylic acids is 2. The Morgan fingerprint density at radius 1 is 0.921 bits per heavy atom. The van der Waals surface area contributed by atoms with Gasteiger partial charge in [0, 0.05) is 12.1 Å². The van der Waals surface area contributed by atoms with Gasteiger partial charge in [0.1, 0.15) is 11.8 Å². The average Bonchev–Trinajstić information content (AvgIpc) is 2.83. The summed E-state index contributed by atoms with van der Waals surface area (Å²) in [7, 11) is -4.41. The van der Waals surface area contributed by atoms with E-state index in [2.05, 4.69) is 10.6 Å². The zero-order valence-corrected chi connectivity index (χ0v) is 23.0. The Morgan fingerprint density at radius 2 is 1.50 bits per heavy atom. The minimum atomic E-state index is -4.41. The SMILES string of the molecule is Cc1ccc(NC(=O)C(CP(=O)(O)OC(Cc2ccccc2)NC(=O)OC(C)(C)C)c2ccccc2)cc1. The number of anilines is 1. The minimum absolute atomic E-state index is 0.121. The van der Waals surface area contributed by atoms with Crippen LogP contribution in [-0.4, -0.2) is 34.9 Å². The number of hydrogen-bond donors (Lipinski definition) is 3. The van der Waals surface area contributed by atoms with E-state index in [0.717, 1.165) is 11.1 Å². The van der Waals surface area contributed by atoms with Crippen molar-refractivity contribution in [2.24, 2.45) is 0 Å². The van der Waals surface area contributed by atoms with Gasteiger partial charge in [-0.1, -0.05) is 78.4 Å². The van der Waals surface area contributed by atoms with Gasteiger partial charge < -0.3 is 14.9 Å². The number of aryl methyl sites for hydroxylation is 1. The minimum Gasteiger partial charge on any atom is -0.444 e. The summed E-state index contributed by atoms with van der Waals surface area (Å²) < 4.78 is 24.4. The molecule has 0 aliphatic heterocycles. The molecule has 202 valence electrons. The third-order valence-corrected chi connectivity index (χ3v) is 6.89. The van der Waals surface area contributed by atoms with Crippen molar-refractivity contribution >= 4 is 25.3 Å². The standard InChI is InChI=1S/C29H35N2O6P/c1-21-15-17-24(18-16-21)30-27(32)25(23-13-9-6-10-14-23)20-38(34,35)37-26(19-22-11-7-5-8-12-22)31-28(33)36-29(2,3)4/h5-18,25-26H,19-20H2,1-4H3,(H,30,32)(H,31,33)(H,34,35). The van der Waals surface area contributed by atoms with Crippen LogP contribution in [0.15, 0.2) is 84.9 Å². The molecular formula is C29H35N2O6P. The van der Waals surface area contributed by atoms with E-state index in [1.54, 1.807) is 63.2 Å². The Balaban J connectivity index is 1.81. The molecule has 0 radical (unpaired) electrons. The fraction of sp³-hybridized carbons (Fsp3) is 0.310. The van der Waals surface area contributed by atoms with E-state index in [1.165, 1.54) is 0 Å². The van der Waals surface area contributed by atoms with Gasteiger partial charge in [0.05, 0.1) is 12.1 Å². The molecule has 0 fully saturated rings. The van der Waals surface area contributed by atoms with Gasteiger partial charge in [0.25, 0.3) is 0 Å². The van der Waals surface area contributed by atoms with Crippen LogP contribution in [0, 0.1) is 6.92 Å². The molecule has 8 nitrogen and oxygen atoms in total. The molecule has 38 heavy (non-hydrogen) atoms. The van der Waals surface area contributed by atoms with Crippen LogP contribution in [-0.2, 0) is 25.0 Å². The molecule has 2 amide bonds. The van der Waals surface area contributed by atoms with Crippen LogP contribution in [0.4, 0.5) is 10.5 Å². The topological polar surface area (TPSA) is 114 Å². The lowest BCUT2D eigenvalue weighted by Gasteiger charge is -2.27. The van der Waals surface area contributed by atoms with Gasteiger partial charge in [0.15, 0.2) is 0 Å². The fourth-order valence-electron chi connectivity index (χ4n) is 3.75. The van der Waals surface area contributed by atoms with Crippen LogP contribution in [0.25, 0.3) is 0 Å². The van der Waals surface area contributed by atoms with Crippen molar-refractivity contribution in [2.75, 3.05) is 11.5 Å². The maximum absolute atomic E-state index is 13.4. The molecule has 3 N–H and O–H groups in total. The van der Waals surface area contributed by atoms with E-state index >= 15 is 0 Å². The van der Waals surface area contributed by atoms with E-state index in [9.17, 15) is 19.0 Å². The predicted octanol–water partition coefficient (Wildman–Crippen LogP) is 6.01. The Hall–Kier alpha value is -3.45. The first kappa shape index (κ1) is 29.1. The molecular weight excluding hydrogens is 503 g/mol. The second kappa shape index (κ2) is 12.9. The summed E-state index contributed by atoms with van der Waals surface area (Å²) in [5.41, 5.74) is 2.19. The van der Waals surface area contributed by atoms with Gasteiger partial charge >= 0.3 is 13.7 Å². The average molecular weight is 539 g/mol. The lowest BCUT2D eigenvalue weighted by molar-refractivity contribution is -0.117. The first-order valence-electron chi connectivity index (χ1n) is 12.4. The van der Waals surface area contributed by atoms with Crippen molar-refractivity contribution in [3.05, 3.63) is 102 Å². The summed E-state index contributed by atoms with van der Waals surface area (Å²) in [4.78, 5) is 36.7. The molecule has 3 aromatic rings. The van der Waals surface area contributed by atoms with Crippen molar-refractivity contribution in [3.63, 3.8) is 0 Å². The molecule has 3 unspecified atom stereocenters. The number of alkyl carbamates (subject to hydrolysis) is 1. The van der Waals surface area contributed by atoms with Crippen LogP contribution in [0.1, 0.15) is 43.4 Å². The van der Waals surface area contributed by atoms with Gasteiger partial charge in [-0.2, -0.15) is 0 Å². The third-order valence-electron chi connectivity index (χ3n) is 5.48. The zero-order chi connectivity index (χ0) is 27.8. The second-order valence-corrected chi connectivity index (χ2v) is 11.9. The van der Waals surface area contributed by atoms with Crippen molar-refractivity contribution in [1.82, 2.24) is 5.32 Å². The van der Waals surface area contributed by atoms with E-state index in [-0.39, 0.29) is 6.42 Å². The van der Waals surface area contributed by atoms with Gasteiger partial charge in [-0.3, -0.25) is 19.2 Å². The quantitative estimate of drug-likeness (QED) is 0.215.